The van der Waals surface area contributed by atoms with Gasteiger partial charge in [-0.15, -0.1) is 0 Å². The fourth-order valence-electron chi connectivity index (χ4n) is 4.41. The zero-order valence-corrected chi connectivity index (χ0v) is 19.9. The Morgan fingerprint density at radius 2 is 1.72 bits per heavy atom. The molecule has 0 saturated carbocycles. The molecule has 5 rings (SSSR count). The highest BCUT2D eigenvalue weighted by molar-refractivity contribution is 6.11. The van der Waals surface area contributed by atoms with Gasteiger partial charge in [-0.2, -0.15) is 0 Å². The Kier molecular flexibility index (Phi) is 6.58. The molecule has 0 radical (unpaired) electrons. The van der Waals surface area contributed by atoms with Gasteiger partial charge in [0.05, 0.1) is 13.5 Å². The van der Waals surface area contributed by atoms with Gasteiger partial charge in [-0.25, -0.2) is 4.39 Å². The van der Waals surface area contributed by atoms with E-state index in [4.69, 9.17) is 9.15 Å². The van der Waals surface area contributed by atoms with E-state index in [1.807, 2.05) is 42.5 Å². The fourth-order valence-corrected chi connectivity index (χ4v) is 4.41. The molecule has 1 saturated heterocycles. The third kappa shape index (κ3) is 4.88. The van der Waals surface area contributed by atoms with Gasteiger partial charge in [0, 0.05) is 43.3 Å². The van der Waals surface area contributed by atoms with E-state index >= 15 is 0 Å². The van der Waals surface area contributed by atoms with E-state index in [0.29, 0.717) is 48.4 Å². The monoisotopic (exact) mass is 487 g/mol. The van der Waals surface area contributed by atoms with Crippen LogP contribution in [0.25, 0.3) is 11.0 Å². The zero-order chi connectivity index (χ0) is 25.1. The standard InChI is InChI=1S/C28H26FN3O4/c1-35-22-6-4-5-21(18-22)31-13-15-32(16-14-31)28(34)27-26(23-7-2-3-8-24(23)36-27)30-25(33)17-19-9-11-20(29)12-10-19/h2-12,18H,13-17H2,1H3,(H,30,33). The van der Waals surface area contributed by atoms with Crippen molar-refractivity contribution in [2.75, 3.05) is 43.5 Å². The highest BCUT2D eigenvalue weighted by atomic mass is 19.1. The minimum absolute atomic E-state index is 0.0482. The summed E-state index contributed by atoms with van der Waals surface area (Å²) in [7, 11) is 1.64. The van der Waals surface area contributed by atoms with Gasteiger partial charge in [-0.05, 0) is 42.0 Å². The first-order valence-corrected chi connectivity index (χ1v) is 11.8. The lowest BCUT2D eigenvalue weighted by Crippen LogP contribution is -2.48. The first-order chi connectivity index (χ1) is 17.5. The van der Waals surface area contributed by atoms with E-state index in [9.17, 15) is 14.0 Å². The topological polar surface area (TPSA) is 75.0 Å². The highest BCUT2D eigenvalue weighted by Crippen LogP contribution is 2.32. The Bertz CT molecular complexity index is 1390. The molecule has 36 heavy (non-hydrogen) atoms. The maximum absolute atomic E-state index is 13.5. The van der Waals surface area contributed by atoms with Crippen molar-refractivity contribution < 1.29 is 23.1 Å². The Labute approximate surface area is 208 Å². The summed E-state index contributed by atoms with van der Waals surface area (Å²) in [4.78, 5) is 30.3. The molecule has 7 nitrogen and oxygen atoms in total. The van der Waals surface area contributed by atoms with Gasteiger partial charge in [0.25, 0.3) is 5.91 Å². The second-order valence-electron chi connectivity index (χ2n) is 8.63. The summed E-state index contributed by atoms with van der Waals surface area (Å²) in [5, 5.41) is 3.52. The molecular weight excluding hydrogens is 461 g/mol. The number of amides is 2. The summed E-state index contributed by atoms with van der Waals surface area (Å²) >= 11 is 0. The molecule has 2 amide bonds. The molecular formula is C28H26FN3O4. The number of ether oxygens (including phenoxy) is 1. The van der Waals surface area contributed by atoms with Crippen molar-refractivity contribution in [3.8, 4) is 5.75 Å². The van der Waals surface area contributed by atoms with Crippen molar-refractivity contribution in [3.05, 3.63) is 89.9 Å². The van der Waals surface area contributed by atoms with Crippen LogP contribution in [0.5, 0.6) is 5.75 Å². The smallest absolute Gasteiger partial charge is 0.291 e. The van der Waals surface area contributed by atoms with Crippen molar-refractivity contribution in [2.24, 2.45) is 0 Å². The molecule has 1 aliphatic rings. The van der Waals surface area contributed by atoms with Crippen molar-refractivity contribution in [1.29, 1.82) is 0 Å². The van der Waals surface area contributed by atoms with E-state index in [2.05, 4.69) is 10.2 Å². The van der Waals surface area contributed by atoms with Gasteiger partial charge in [-0.3, -0.25) is 9.59 Å². The summed E-state index contributed by atoms with van der Waals surface area (Å²) in [5.41, 5.74) is 2.59. The highest BCUT2D eigenvalue weighted by Gasteiger charge is 2.29. The van der Waals surface area contributed by atoms with Gasteiger partial charge in [-0.1, -0.05) is 30.3 Å². The molecule has 2 heterocycles. The summed E-state index contributed by atoms with van der Waals surface area (Å²) in [6.45, 7) is 2.34. The average molecular weight is 488 g/mol. The minimum Gasteiger partial charge on any atom is -0.497 e. The number of furan rings is 1. The van der Waals surface area contributed by atoms with Crippen LogP contribution < -0.4 is 15.0 Å². The van der Waals surface area contributed by atoms with Crippen LogP contribution >= 0.6 is 0 Å². The van der Waals surface area contributed by atoms with Crippen LogP contribution in [-0.2, 0) is 11.2 Å². The van der Waals surface area contributed by atoms with Gasteiger partial charge >= 0.3 is 0 Å². The van der Waals surface area contributed by atoms with Crippen LogP contribution in [0.15, 0.2) is 77.2 Å². The van der Waals surface area contributed by atoms with Crippen molar-refractivity contribution in [2.45, 2.75) is 6.42 Å². The van der Waals surface area contributed by atoms with Crippen molar-refractivity contribution in [3.63, 3.8) is 0 Å². The maximum atomic E-state index is 13.5. The number of carbonyl (C=O) groups is 2. The number of rotatable bonds is 6. The number of methoxy groups -OCH3 is 1. The number of halogens is 1. The molecule has 1 fully saturated rings. The van der Waals surface area contributed by atoms with Crippen molar-refractivity contribution in [1.82, 2.24) is 4.90 Å². The molecule has 8 heteroatoms. The van der Waals surface area contributed by atoms with Crippen LogP contribution in [-0.4, -0.2) is 50.0 Å². The van der Waals surface area contributed by atoms with Gasteiger partial charge in [0.2, 0.25) is 11.7 Å². The van der Waals surface area contributed by atoms with Crippen molar-refractivity contribution >= 4 is 34.2 Å². The number of nitrogens with one attached hydrogen (secondary N) is 1. The number of nitrogens with zero attached hydrogens (tertiary/aromatic N) is 2. The largest absolute Gasteiger partial charge is 0.497 e. The number of carbonyl (C=O) groups excluding carboxylic acids is 2. The lowest BCUT2D eigenvalue weighted by Gasteiger charge is -2.36. The average Bonchev–Trinajstić information content (AvgIpc) is 3.28. The van der Waals surface area contributed by atoms with Gasteiger partial charge in [0.1, 0.15) is 22.8 Å². The second-order valence-corrected chi connectivity index (χ2v) is 8.63. The van der Waals surface area contributed by atoms with Crippen LogP contribution in [0, 0.1) is 5.82 Å². The summed E-state index contributed by atoms with van der Waals surface area (Å²) in [6.07, 6.45) is 0.0482. The molecule has 4 aromatic rings. The first kappa shape index (κ1) is 23.4. The fraction of sp³-hybridized carbons (Fsp3) is 0.214. The molecule has 0 aliphatic carbocycles. The molecule has 3 aromatic carbocycles. The second kappa shape index (κ2) is 10.1. The SMILES string of the molecule is COc1cccc(N2CCN(C(=O)c3oc4ccccc4c3NC(=O)Cc3ccc(F)cc3)CC2)c1. The summed E-state index contributed by atoms with van der Waals surface area (Å²) in [5.74, 6) is -0.0502. The van der Waals surface area contributed by atoms with Crippen LogP contribution in [0.1, 0.15) is 16.1 Å². The zero-order valence-electron chi connectivity index (χ0n) is 19.9. The number of anilines is 2. The third-order valence-electron chi connectivity index (χ3n) is 6.32. The molecule has 1 N–H and O–H groups in total. The molecule has 1 aliphatic heterocycles. The lowest BCUT2D eigenvalue weighted by molar-refractivity contribution is -0.115. The predicted octanol–water partition coefficient (Wildman–Crippen LogP) is 4.72. The Balaban J connectivity index is 1.33. The first-order valence-electron chi connectivity index (χ1n) is 11.8. The number of hydrogen-bond donors (Lipinski definition) is 1. The molecule has 0 atom stereocenters. The Hall–Kier alpha value is -4.33. The molecule has 0 spiro atoms. The normalized spacial score (nSPS) is 13.6. The number of fused-ring (bicyclic) bond motifs is 1. The number of piperazine rings is 1. The molecule has 0 bridgehead atoms. The quantitative estimate of drug-likeness (QED) is 0.426. The van der Waals surface area contributed by atoms with Crippen LogP contribution in [0.2, 0.25) is 0 Å². The maximum Gasteiger partial charge on any atom is 0.291 e. The Morgan fingerprint density at radius 3 is 2.47 bits per heavy atom. The van der Waals surface area contributed by atoms with E-state index in [-0.39, 0.29) is 29.8 Å². The minimum atomic E-state index is -0.362. The van der Waals surface area contributed by atoms with E-state index < -0.39 is 0 Å². The summed E-state index contributed by atoms with van der Waals surface area (Å²) < 4.78 is 24.5. The van der Waals surface area contributed by atoms with Gasteiger partial charge < -0.3 is 24.3 Å². The number of benzene rings is 3. The Morgan fingerprint density at radius 1 is 0.972 bits per heavy atom. The molecule has 184 valence electrons. The number of para-hydroxylation sites is 1. The van der Waals surface area contributed by atoms with E-state index in [0.717, 1.165) is 11.4 Å². The predicted molar refractivity (Wildman–Crippen MR) is 136 cm³/mol. The lowest BCUT2D eigenvalue weighted by atomic mass is 10.1. The van der Waals surface area contributed by atoms with Crippen LogP contribution in [0.3, 0.4) is 0 Å². The molecule has 0 unspecified atom stereocenters. The third-order valence-corrected chi connectivity index (χ3v) is 6.32. The van der Waals surface area contributed by atoms with E-state index in [1.54, 1.807) is 30.2 Å². The summed E-state index contributed by atoms with van der Waals surface area (Å²) in [6, 6.07) is 20.8. The van der Waals surface area contributed by atoms with E-state index in [1.165, 1.54) is 12.1 Å². The van der Waals surface area contributed by atoms with Crippen LogP contribution in [0.4, 0.5) is 15.8 Å². The van der Waals surface area contributed by atoms with Gasteiger partial charge in [0.15, 0.2) is 0 Å². The molecule has 1 aromatic heterocycles. The number of hydrogen-bond acceptors (Lipinski definition) is 5.